The Kier molecular flexibility index (Phi) is 7.17. The molecule has 0 saturated carbocycles. The number of nitrogens with one attached hydrogen (secondary N) is 2. The lowest BCUT2D eigenvalue weighted by Crippen LogP contribution is -2.33. The van der Waals surface area contributed by atoms with E-state index in [0.29, 0.717) is 23.0 Å². The highest BCUT2D eigenvalue weighted by atomic mass is 32.1. The molecule has 0 saturated heterocycles. The highest BCUT2D eigenvalue weighted by Crippen LogP contribution is 2.22. The second-order valence-corrected chi connectivity index (χ2v) is 4.70. The second kappa shape index (κ2) is 8.91. The quantitative estimate of drug-likeness (QED) is 0.631. The topological polar surface area (TPSA) is 87.7 Å². The fourth-order valence-corrected chi connectivity index (χ4v) is 1.80. The molecule has 0 bridgehead atoms. The molecular weight excluding hydrogens is 292 g/mol. The fourth-order valence-electron chi connectivity index (χ4n) is 1.62. The Morgan fingerprint density at radius 3 is 2.67 bits per heavy atom. The van der Waals surface area contributed by atoms with Crippen LogP contribution in [0.2, 0.25) is 0 Å². The fraction of sp³-hybridized carbons (Fsp3) is 0.357. The maximum atomic E-state index is 11.5. The molecule has 3 N–H and O–H groups in total. The first-order valence-corrected chi connectivity index (χ1v) is 6.85. The molecule has 0 heterocycles. The van der Waals surface area contributed by atoms with Crippen molar-refractivity contribution in [2.75, 3.05) is 19.0 Å². The van der Waals surface area contributed by atoms with Gasteiger partial charge in [-0.2, -0.15) is 0 Å². The SMILES string of the molecule is COc1ccccc1NC(=S)NCC(=O)CCCC(=O)O. The number of thiocarbonyl (C=S) groups is 1. The van der Waals surface area contributed by atoms with E-state index in [0.717, 1.165) is 0 Å². The molecule has 0 aliphatic heterocycles. The van der Waals surface area contributed by atoms with Crippen molar-refractivity contribution in [2.24, 2.45) is 0 Å². The van der Waals surface area contributed by atoms with Crippen LogP contribution in [-0.4, -0.2) is 35.6 Å². The van der Waals surface area contributed by atoms with Gasteiger partial charge in [0.2, 0.25) is 0 Å². The van der Waals surface area contributed by atoms with Crippen molar-refractivity contribution in [3.63, 3.8) is 0 Å². The molecular formula is C14H18N2O4S. The van der Waals surface area contributed by atoms with Gasteiger partial charge in [-0.1, -0.05) is 12.1 Å². The Balaban J connectivity index is 2.34. The smallest absolute Gasteiger partial charge is 0.303 e. The molecule has 0 aliphatic rings. The lowest BCUT2D eigenvalue weighted by molar-refractivity contribution is -0.137. The standard InChI is InChI=1S/C14H18N2O4S/c1-20-12-7-3-2-6-11(12)16-14(21)15-9-10(17)5-4-8-13(18)19/h2-3,6-7H,4-5,8-9H2,1H3,(H,18,19)(H2,15,16,21). The Hall–Kier alpha value is -2.15. The summed E-state index contributed by atoms with van der Waals surface area (Å²) < 4.78 is 5.17. The average molecular weight is 310 g/mol. The highest BCUT2D eigenvalue weighted by molar-refractivity contribution is 7.80. The number of benzene rings is 1. The monoisotopic (exact) mass is 310 g/mol. The van der Waals surface area contributed by atoms with Crippen molar-refractivity contribution in [1.29, 1.82) is 0 Å². The molecule has 0 radical (unpaired) electrons. The third-order valence-corrected chi connectivity index (χ3v) is 2.89. The van der Waals surface area contributed by atoms with Gasteiger partial charge < -0.3 is 20.5 Å². The number of rotatable bonds is 8. The van der Waals surface area contributed by atoms with E-state index in [1.807, 2.05) is 18.2 Å². The number of carbonyl (C=O) groups is 2. The van der Waals surface area contributed by atoms with Gasteiger partial charge in [0, 0.05) is 12.8 Å². The summed E-state index contributed by atoms with van der Waals surface area (Å²) in [6.45, 7) is 0.0700. The van der Waals surface area contributed by atoms with Crippen LogP contribution in [0.1, 0.15) is 19.3 Å². The number of hydrogen-bond acceptors (Lipinski definition) is 4. The van der Waals surface area contributed by atoms with Crippen molar-refractivity contribution in [2.45, 2.75) is 19.3 Å². The van der Waals surface area contributed by atoms with Crippen molar-refractivity contribution >= 4 is 34.8 Å². The number of carbonyl (C=O) groups excluding carboxylic acids is 1. The van der Waals surface area contributed by atoms with E-state index in [4.69, 9.17) is 22.1 Å². The maximum absolute atomic E-state index is 11.5. The lowest BCUT2D eigenvalue weighted by Gasteiger charge is -2.12. The Bertz CT molecular complexity index is 519. The average Bonchev–Trinajstić information content (AvgIpc) is 2.45. The summed E-state index contributed by atoms with van der Waals surface area (Å²) in [5, 5.41) is 14.5. The third-order valence-electron chi connectivity index (χ3n) is 2.65. The van der Waals surface area contributed by atoms with Crippen LogP contribution in [0.5, 0.6) is 5.75 Å². The molecule has 0 spiro atoms. The summed E-state index contributed by atoms with van der Waals surface area (Å²) in [6, 6.07) is 7.28. The maximum Gasteiger partial charge on any atom is 0.303 e. The number of aliphatic carboxylic acids is 1. The Morgan fingerprint density at radius 2 is 2.00 bits per heavy atom. The number of Topliss-reactive ketones (excluding diaryl/α,β-unsaturated/α-hetero) is 1. The van der Waals surface area contributed by atoms with Crippen molar-refractivity contribution < 1.29 is 19.4 Å². The van der Waals surface area contributed by atoms with Gasteiger partial charge in [0.05, 0.1) is 19.3 Å². The lowest BCUT2D eigenvalue weighted by atomic mass is 10.2. The molecule has 0 aromatic heterocycles. The van der Waals surface area contributed by atoms with E-state index >= 15 is 0 Å². The van der Waals surface area contributed by atoms with E-state index in [1.54, 1.807) is 13.2 Å². The molecule has 21 heavy (non-hydrogen) atoms. The van der Waals surface area contributed by atoms with Gasteiger partial charge in [-0.3, -0.25) is 9.59 Å². The molecule has 0 amide bonds. The first-order chi connectivity index (χ1) is 10.0. The van der Waals surface area contributed by atoms with E-state index in [1.165, 1.54) is 0 Å². The van der Waals surface area contributed by atoms with Gasteiger partial charge in [0.25, 0.3) is 0 Å². The summed E-state index contributed by atoms with van der Waals surface area (Å²) in [5.74, 6) is -0.334. The van der Waals surface area contributed by atoms with Gasteiger partial charge in [-0.25, -0.2) is 0 Å². The van der Waals surface area contributed by atoms with Crippen LogP contribution in [0.3, 0.4) is 0 Å². The van der Waals surface area contributed by atoms with Crippen LogP contribution < -0.4 is 15.4 Å². The molecule has 0 unspecified atom stereocenters. The van der Waals surface area contributed by atoms with E-state index in [2.05, 4.69) is 10.6 Å². The number of para-hydroxylation sites is 2. The minimum absolute atomic E-state index is 0.00431. The minimum atomic E-state index is -0.899. The van der Waals surface area contributed by atoms with Gasteiger partial charge in [-0.15, -0.1) is 0 Å². The Labute approximate surface area is 128 Å². The molecule has 1 aromatic rings. The zero-order valence-electron chi connectivity index (χ0n) is 11.7. The number of hydrogen-bond donors (Lipinski definition) is 3. The molecule has 0 aliphatic carbocycles. The van der Waals surface area contributed by atoms with Crippen LogP contribution in [0.4, 0.5) is 5.69 Å². The Morgan fingerprint density at radius 1 is 1.29 bits per heavy atom. The van der Waals surface area contributed by atoms with Crippen LogP contribution in [-0.2, 0) is 9.59 Å². The molecule has 7 heteroatoms. The summed E-state index contributed by atoms with van der Waals surface area (Å²) >= 11 is 5.09. The van der Waals surface area contributed by atoms with Crippen molar-refractivity contribution in [3.8, 4) is 5.75 Å². The minimum Gasteiger partial charge on any atom is -0.495 e. The predicted molar refractivity (Wildman–Crippen MR) is 83.7 cm³/mol. The van der Waals surface area contributed by atoms with Gasteiger partial charge >= 0.3 is 5.97 Å². The number of carboxylic acid groups (broad SMARTS) is 1. The number of methoxy groups -OCH3 is 1. The van der Waals surface area contributed by atoms with E-state index in [-0.39, 0.29) is 25.2 Å². The first kappa shape index (κ1) is 16.9. The summed E-state index contributed by atoms with van der Waals surface area (Å²) in [6.07, 6.45) is 0.550. The van der Waals surface area contributed by atoms with Gasteiger partial charge in [-0.05, 0) is 30.8 Å². The van der Waals surface area contributed by atoms with Crippen LogP contribution >= 0.6 is 12.2 Å². The van der Waals surface area contributed by atoms with Crippen LogP contribution in [0, 0.1) is 0 Å². The van der Waals surface area contributed by atoms with E-state index < -0.39 is 5.97 Å². The van der Waals surface area contributed by atoms with Crippen molar-refractivity contribution in [1.82, 2.24) is 5.32 Å². The molecule has 114 valence electrons. The molecule has 6 nitrogen and oxygen atoms in total. The summed E-state index contributed by atoms with van der Waals surface area (Å²) in [5.41, 5.74) is 0.704. The normalized spacial score (nSPS) is 9.76. The number of carboxylic acids is 1. The summed E-state index contributed by atoms with van der Waals surface area (Å²) in [7, 11) is 1.56. The number of ketones is 1. The second-order valence-electron chi connectivity index (χ2n) is 4.29. The molecule has 1 rings (SSSR count). The largest absolute Gasteiger partial charge is 0.495 e. The number of ether oxygens (including phenoxy) is 1. The zero-order valence-corrected chi connectivity index (χ0v) is 12.5. The van der Waals surface area contributed by atoms with Gasteiger partial charge in [0.15, 0.2) is 10.9 Å². The van der Waals surface area contributed by atoms with Crippen LogP contribution in [0.15, 0.2) is 24.3 Å². The summed E-state index contributed by atoms with van der Waals surface area (Å²) in [4.78, 5) is 21.9. The predicted octanol–water partition coefficient (Wildman–Crippen LogP) is 1.81. The highest BCUT2D eigenvalue weighted by Gasteiger charge is 2.07. The van der Waals surface area contributed by atoms with Gasteiger partial charge in [0.1, 0.15) is 5.75 Å². The van der Waals surface area contributed by atoms with Crippen molar-refractivity contribution in [3.05, 3.63) is 24.3 Å². The first-order valence-electron chi connectivity index (χ1n) is 6.44. The van der Waals surface area contributed by atoms with E-state index in [9.17, 15) is 9.59 Å². The zero-order chi connectivity index (χ0) is 15.7. The molecule has 0 atom stereocenters. The third kappa shape index (κ3) is 6.71. The molecule has 1 aromatic carbocycles. The number of anilines is 1. The van der Waals surface area contributed by atoms with Crippen LogP contribution in [0.25, 0.3) is 0 Å². The molecule has 0 fully saturated rings.